The summed E-state index contributed by atoms with van der Waals surface area (Å²) in [5, 5.41) is 5.67. The van der Waals surface area contributed by atoms with E-state index in [2.05, 4.69) is 37.7 Å². The molecule has 0 amide bonds. The quantitative estimate of drug-likeness (QED) is 0.775. The van der Waals surface area contributed by atoms with Gasteiger partial charge in [0.15, 0.2) is 0 Å². The first-order chi connectivity index (χ1) is 11.3. The van der Waals surface area contributed by atoms with Gasteiger partial charge < -0.3 is 16.0 Å². The number of halogens is 2. The zero-order valence-corrected chi connectivity index (χ0v) is 17.0. The second kappa shape index (κ2) is 10.9. The lowest BCUT2D eigenvalue weighted by Gasteiger charge is -2.18. The second-order valence-electron chi connectivity index (χ2n) is 5.93. The van der Waals surface area contributed by atoms with Crippen molar-refractivity contribution in [2.24, 2.45) is 5.73 Å². The summed E-state index contributed by atoms with van der Waals surface area (Å²) in [6.45, 7) is 6.64. The Kier molecular flexibility index (Phi) is 9.67. The summed E-state index contributed by atoms with van der Waals surface area (Å²) in [6, 6.07) is 4.29. The van der Waals surface area contributed by atoms with Crippen molar-refractivity contribution in [1.82, 2.24) is 14.9 Å². The van der Waals surface area contributed by atoms with Gasteiger partial charge >= 0.3 is 0 Å². The van der Waals surface area contributed by atoms with Crippen LogP contribution in [0.1, 0.15) is 22.0 Å². The fourth-order valence-electron chi connectivity index (χ4n) is 3.08. The second-order valence-corrected chi connectivity index (χ2v) is 6.96. The molecule has 3 rings (SSSR count). The van der Waals surface area contributed by atoms with E-state index in [0.29, 0.717) is 6.54 Å². The van der Waals surface area contributed by atoms with Crippen molar-refractivity contribution in [1.29, 1.82) is 0 Å². The molecule has 0 radical (unpaired) electrons. The summed E-state index contributed by atoms with van der Waals surface area (Å²) in [7, 11) is 0. The van der Waals surface area contributed by atoms with Gasteiger partial charge in [0.1, 0.15) is 11.6 Å². The van der Waals surface area contributed by atoms with Crippen LogP contribution in [0.5, 0.6) is 0 Å². The minimum atomic E-state index is 0. The Balaban J connectivity index is 0.00000156. The fraction of sp³-hybridized carbons (Fsp3) is 0.529. The number of thiophene rings is 1. The van der Waals surface area contributed by atoms with Crippen LogP contribution in [0.15, 0.2) is 17.5 Å². The molecule has 1 aliphatic rings. The van der Waals surface area contributed by atoms with Gasteiger partial charge in [-0.25, -0.2) is 9.97 Å². The maximum atomic E-state index is 5.70. The van der Waals surface area contributed by atoms with Crippen LogP contribution in [0.25, 0.3) is 0 Å². The van der Waals surface area contributed by atoms with Crippen molar-refractivity contribution in [2.75, 3.05) is 38.0 Å². The van der Waals surface area contributed by atoms with Crippen LogP contribution in [-0.2, 0) is 19.3 Å². The molecule has 0 saturated carbocycles. The lowest BCUT2D eigenvalue weighted by molar-refractivity contribution is 0.295. The molecule has 8 heteroatoms. The van der Waals surface area contributed by atoms with Gasteiger partial charge in [0, 0.05) is 49.6 Å². The predicted molar refractivity (Wildman–Crippen MR) is 111 cm³/mol. The molecule has 3 N–H and O–H groups in total. The van der Waals surface area contributed by atoms with Gasteiger partial charge in [0.25, 0.3) is 0 Å². The molecule has 2 aromatic heterocycles. The highest BCUT2D eigenvalue weighted by Crippen LogP contribution is 2.21. The van der Waals surface area contributed by atoms with Crippen molar-refractivity contribution >= 4 is 42.0 Å². The highest BCUT2D eigenvalue weighted by atomic mass is 35.5. The third-order valence-electron chi connectivity index (χ3n) is 4.24. The molecule has 2 aromatic rings. The van der Waals surface area contributed by atoms with Gasteiger partial charge in [0.05, 0.1) is 5.69 Å². The summed E-state index contributed by atoms with van der Waals surface area (Å²) in [5.74, 6) is 1.88. The molecule has 5 nitrogen and oxygen atoms in total. The standard InChI is InChI=1S/C17H25N5S.2ClH/c1-13-20-16-6-10-22(11-7-18)9-5-15(16)17(21-13)19-8-4-14-3-2-12-23-14;;/h2-3,12H,4-11,18H2,1H3,(H,19,20,21);2*1H. The Morgan fingerprint density at radius 2 is 2.04 bits per heavy atom. The average molecular weight is 404 g/mol. The number of aryl methyl sites for hydroxylation is 1. The first kappa shape index (κ1) is 22.1. The smallest absolute Gasteiger partial charge is 0.133 e. The average Bonchev–Trinajstić information content (AvgIpc) is 2.96. The van der Waals surface area contributed by atoms with Gasteiger partial charge in [-0.05, 0) is 31.2 Å². The molecule has 0 saturated heterocycles. The van der Waals surface area contributed by atoms with Crippen LogP contribution in [0.4, 0.5) is 5.82 Å². The Hall–Kier alpha value is -0.920. The van der Waals surface area contributed by atoms with Gasteiger partial charge in [-0.15, -0.1) is 36.2 Å². The molecule has 140 valence electrons. The fourth-order valence-corrected chi connectivity index (χ4v) is 3.79. The number of fused-ring (bicyclic) bond motifs is 1. The van der Waals surface area contributed by atoms with E-state index in [0.717, 1.165) is 57.1 Å². The highest BCUT2D eigenvalue weighted by Gasteiger charge is 2.19. The maximum absolute atomic E-state index is 5.70. The summed E-state index contributed by atoms with van der Waals surface area (Å²) in [4.78, 5) is 13.2. The van der Waals surface area contributed by atoms with E-state index >= 15 is 0 Å². The molecule has 3 heterocycles. The van der Waals surface area contributed by atoms with Crippen LogP contribution in [0, 0.1) is 6.92 Å². The number of nitrogens with two attached hydrogens (primary N) is 1. The molecule has 0 spiro atoms. The summed E-state index contributed by atoms with van der Waals surface area (Å²) in [5.41, 5.74) is 8.20. The zero-order chi connectivity index (χ0) is 16.1. The molecule has 0 aliphatic carbocycles. The lowest BCUT2D eigenvalue weighted by Crippen LogP contribution is -2.31. The minimum Gasteiger partial charge on any atom is -0.369 e. The van der Waals surface area contributed by atoms with Crippen molar-refractivity contribution in [3.05, 3.63) is 39.5 Å². The molecule has 0 bridgehead atoms. The first-order valence-corrected chi connectivity index (χ1v) is 9.19. The van der Waals surface area contributed by atoms with E-state index in [1.165, 1.54) is 16.1 Å². The Morgan fingerprint density at radius 1 is 1.24 bits per heavy atom. The topological polar surface area (TPSA) is 67.1 Å². The van der Waals surface area contributed by atoms with Gasteiger partial charge in [-0.1, -0.05) is 6.07 Å². The lowest BCUT2D eigenvalue weighted by atomic mass is 10.1. The van der Waals surface area contributed by atoms with E-state index in [1.54, 1.807) is 0 Å². The number of nitrogens with zero attached hydrogens (tertiary/aromatic N) is 3. The van der Waals surface area contributed by atoms with Gasteiger partial charge in [-0.3, -0.25) is 0 Å². The normalized spacial score (nSPS) is 14.0. The molecule has 0 unspecified atom stereocenters. The third kappa shape index (κ3) is 6.08. The van der Waals surface area contributed by atoms with Crippen LogP contribution in [0.2, 0.25) is 0 Å². The molecule has 0 aromatic carbocycles. The van der Waals surface area contributed by atoms with Crippen molar-refractivity contribution < 1.29 is 0 Å². The van der Waals surface area contributed by atoms with Gasteiger partial charge in [-0.2, -0.15) is 0 Å². The largest absolute Gasteiger partial charge is 0.369 e. The van der Waals surface area contributed by atoms with Crippen molar-refractivity contribution in [2.45, 2.75) is 26.2 Å². The SMILES string of the molecule is Cc1nc2c(c(NCCc3cccs3)n1)CCN(CCN)CC2.Cl.Cl. The number of aromatic nitrogens is 2. The summed E-state index contributed by atoms with van der Waals surface area (Å²) >= 11 is 1.81. The van der Waals surface area contributed by atoms with E-state index in [1.807, 2.05) is 18.3 Å². The van der Waals surface area contributed by atoms with Crippen LogP contribution in [0.3, 0.4) is 0 Å². The molecule has 0 atom stereocenters. The van der Waals surface area contributed by atoms with Crippen LogP contribution >= 0.6 is 36.2 Å². The third-order valence-corrected chi connectivity index (χ3v) is 5.17. The van der Waals surface area contributed by atoms with E-state index in [9.17, 15) is 0 Å². The first-order valence-electron chi connectivity index (χ1n) is 8.31. The Labute approximate surface area is 166 Å². The molecular weight excluding hydrogens is 377 g/mol. The number of nitrogens with one attached hydrogen (secondary N) is 1. The molecule has 1 aliphatic heterocycles. The monoisotopic (exact) mass is 403 g/mol. The summed E-state index contributed by atoms with van der Waals surface area (Å²) in [6.07, 6.45) is 3.02. The van der Waals surface area contributed by atoms with Crippen molar-refractivity contribution in [3.63, 3.8) is 0 Å². The number of hydrogen-bond acceptors (Lipinski definition) is 6. The van der Waals surface area contributed by atoms with E-state index in [-0.39, 0.29) is 24.8 Å². The van der Waals surface area contributed by atoms with E-state index < -0.39 is 0 Å². The predicted octanol–water partition coefficient (Wildman–Crippen LogP) is 2.70. The minimum absolute atomic E-state index is 0. The van der Waals surface area contributed by atoms with E-state index in [4.69, 9.17) is 5.73 Å². The molecule has 25 heavy (non-hydrogen) atoms. The number of anilines is 1. The molecule has 0 fully saturated rings. The maximum Gasteiger partial charge on any atom is 0.133 e. The number of rotatable bonds is 6. The van der Waals surface area contributed by atoms with Gasteiger partial charge in [0.2, 0.25) is 0 Å². The number of hydrogen-bond donors (Lipinski definition) is 2. The van der Waals surface area contributed by atoms with Crippen LogP contribution < -0.4 is 11.1 Å². The van der Waals surface area contributed by atoms with Crippen LogP contribution in [-0.4, -0.2) is 47.6 Å². The van der Waals surface area contributed by atoms with Crippen molar-refractivity contribution in [3.8, 4) is 0 Å². The highest BCUT2D eigenvalue weighted by molar-refractivity contribution is 7.09. The Morgan fingerprint density at radius 3 is 2.76 bits per heavy atom. The Bertz CT molecular complexity index is 636. The zero-order valence-electron chi connectivity index (χ0n) is 14.5. The molecular formula is C17H27Cl2N5S. The summed E-state index contributed by atoms with van der Waals surface area (Å²) < 4.78 is 0.